The van der Waals surface area contributed by atoms with Crippen LogP contribution in [0.2, 0.25) is 0 Å². The zero-order chi connectivity index (χ0) is 23.8. The van der Waals surface area contributed by atoms with E-state index in [1.807, 2.05) is 84.7 Å². The molecule has 0 aromatic heterocycles. The molecule has 3 aromatic rings. The SMILES string of the molecule is CCOC(=O)C1CCN(N(Cc2ccccc2)C(=O)c2ccccc2Cc2ccccc2)CC1. The number of piperidine rings is 1. The minimum Gasteiger partial charge on any atom is -0.466 e. The van der Waals surface area contributed by atoms with Crippen LogP contribution in [0.5, 0.6) is 0 Å². The third kappa shape index (κ3) is 5.91. The van der Waals surface area contributed by atoms with Crippen molar-refractivity contribution in [1.82, 2.24) is 10.0 Å². The van der Waals surface area contributed by atoms with Gasteiger partial charge in [0.05, 0.1) is 19.1 Å². The first-order chi connectivity index (χ1) is 16.7. The first-order valence-electron chi connectivity index (χ1n) is 12.0. The number of benzene rings is 3. The van der Waals surface area contributed by atoms with Crippen LogP contribution in [-0.4, -0.2) is 41.6 Å². The van der Waals surface area contributed by atoms with E-state index < -0.39 is 0 Å². The summed E-state index contributed by atoms with van der Waals surface area (Å²) < 4.78 is 5.22. The molecule has 34 heavy (non-hydrogen) atoms. The fourth-order valence-electron chi connectivity index (χ4n) is 4.50. The normalized spacial score (nSPS) is 14.5. The van der Waals surface area contributed by atoms with E-state index in [0.717, 1.165) is 16.7 Å². The van der Waals surface area contributed by atoms with Gasteiger partial charge in [-0.15, -0.1) is 0 Å². The first kappa shape index (κ1) is 23.7. The molecule has 1 fully saturated rings. The molecule has 0 unspecified atom stereocenters. The van der Waals surface area contributed by atoms with Gasteiger partial charge in [0, 0.05) is 18.7 Å². The highest BCUT2D eigenvalue weighted by Gasteiger charge is 2.31. The average Bonchev–Trinajstić information content (AvgIpc) is 2.89. The molecule has 1 aliphatic heterocycles. The Hall–Kier alpha value is -3.44. The summed E-state index contributed by atoms with van der Waals surface area (Å²) in [6, 6.07) is 28.1. The summed E-state index contributed by atoms with van der Waals surface area (Å²) in [6.45, 7) is 4.01. The van der Waals surface area contributed by atoms with Crippen molar-refractivity contribution >= 4 is 11.9 Å². The van der Waals surface area contributed by atoms with Gasteiger partial charge in [0.15, 0.2) is 0 Å². The highest BCUT2D eigenvalue weighted by atomic mass is 16.5. The second-order valence-electron chi connectivity index (χ2n) is 8.65. The predicted molar refractivity (Wildman–Crippen MR) is 133 cm³/mol. The van der Waals surface area contributed by atoms with Crippen LogP contribution in [0.4, 0.5) is 0 Å². The van der Waals surface area contributed by atoms with Gasteiger partial charge in [-0.25, -0.2) is 5.01 Å². The van der Waals surface area contributed by atoms with Gasteiger partial charge in [-0.1, -0.05) is 78.9 Å². The van der Waals surface area contributed by atoms with E-state index in [4.69, 9.17) is 4.74 Å². The second kappa shape index (κ2) is 11.6. The lowest BCUT2D eigenvalue weighted by Crippen LogP contribution is -2.50. The van der Waals surface area contributed by atoms with Gasteiger partial charge in [-0.05, 0) is 48.9 Å². The van der Waals surface area contributed by atoms with Crippen molar-refractivity contribution in [3.05, 3.63) is 107 Å². The molecule has 1 heterocycles. The van der Waals surface area contributed by atoms with Crippen molar-refractivity contribution in [1.29, 1.82) is 0 Å². The number of hydrogen-bond donors (Lipinski definition) is 0. The van der Waals surface area contributed by atoms with Crippen molar-refractivity contribution in [2.24, 2.45) is 5.92 Å². The summed E-state index contributed by atoms with van der Waals surface area (Å²) in [4.78, 5) is 26.2. The van der Waals surface area contributed by atoms with Gasteiger partial charge < -0.3 is 4.74 Å². The largest absolute Gasteiger partial charge is 0.466 e. The quantitative estimate of drug-likeness (QED) is 0.442. The van der Waals surface area contributed by atoms with Crippen LogP contribution in [-0.2, 0) is 22.5 Å². The maximum absolute atomic E-state index is 14.0. The van der Waals surface area contributed by atoms with Crippen molar-refractivity contribution in [2.75, 3.05) is 19.7 Å². The van der Waals surface area contributed by atoms with Crippen molar-refractivity contribution < 1.29 is 14.3 Å². The molecule has 0 aliphatic carbocycles. The molecule has 1 amide bonds. The summed E-state index contributed by atoms with van der Waals surface area (Å²) in [5.74, 6) is -0.239. The van der Waals surface area contributed by atoms with Crippen LogP contribution in [0.15, 0.2) is 84.9 Å². The Morgan fingerprint density at radius 1 is 0.853 bits per heavy atom. The zero-order valence-electron chi connectivity index (χ0n) is 19.7. The van der Waals surface area contributed by atoms with Crippen LogP contribution in [0.1, 0.15) is 46.8 Å². The molecule has 0 N–H and O–H groups in total. The Morgan fingerprint density at radius 3 is 2.09 bits per heavy atom. The fraction of sp³-hybridized carbons (Fsp3) is 0.310. The van der Waals surface area contributed by atoms with Gasteiger partial charge >= 0.3 is 5.97 Å². The molecule has 1 saturated heterocycles. The van der Waals surface area contributed by atoms with E-state index in [0.29, 0.717) is 45.5 Å². The van der Waals surface area contributed by atoms with E-state index >= 15 is 0 Å². The van der Waals surface area contributed by atoms with E-state index in [9.17, 15) is 9.59 Å². The third-order valence-corrected chi connectivity index (χ3v) is 6.33. The predicted octanol–water partition coefficient (Wildman–Crippen LogP) is 5.11. The summed E-state index contributed by atoms with van der Waals surface area (Å²) in [5.41, 5.74) is 3.98. The zero-order valence-corrected chi connectivity index (χ0v) is 19.7. The molecule has 5 heteroatoms. The lowest BCUT2D eigenvalue weighted by atomic mass is 9.97. The van der Waals surface area contributed by atoms with Gasteiger partial charge in [0.2, 0.25) is 0 Å². The Bertz CT molecular complexity index is 1080. The first-order valence-corrected chi connectivity index (χ1v) is 12.0. The third-order valence-electron chi connectivity index (χ3n) is 6.33. The van der Waals surface area contributed by atoms with Crippen molar-refractivity contribution in [3.63, 3.8) is 0 Å². The fourth-order valence-corrected chi connectivity index (χ4v) is 4.50. The average molecular weight is 457 g/mol. The van der Waals surface area contributed by atoms with Gasteiger partial charge in [-0.2, -0.15) is 0 Å². The Kier molecular flexibility index (Phi) is 8.10. The van der Waals surface area contributed by atoms with Gasteiger partial charge in [0.1, 0.15) is 0 Å². The molecule has 0 saturated carbocycles. The summed E-state index contributed by atoms with van der Waals surface area (Å²) >= 11 is 0. The Morgan fingerprint density at radius 2 is 1.44 bits per heavy atom. The smallest absolute Gasteiger partial charge is 0.309 e. The Balaban J connectivity index is 1.57. The van der Waals surface area contributed by atoms with E-state index in [-0.39, 0.29) is 17.8 Å². The number of carbonyl (C=O) groups excluding carboxylic acids is 2. The topological polar surface area (TPSA) is 49.9 Å². The molecule has 5 nitrogen and oxygen atoms in total. The molecule has 4 rings (SSSR count). The summed E-state index contributed by atoms with van der Waals surface area (Å²) in [5, 5.41) is 3.96. The molecular weight excluding hydrogens is 424 g/mol. The van der Waals surface area contributed by atoms with Crippen LogP contribution in [0.25, 0.3) is 0 Å². The van der Waals surface area contributed by atoms with Gasteiger partial charge in [-0.3, -0.25) is 14.6 Å². The molecular formula is C29H32N2O3. The monoisotopic (exact) mass is 456 g/mol. The number of esters is 1. The molecule has 0 spiro atoms. The van der Waals surface area contributed by atoms with Crippen molar-refractivity contribution in [2.45, 2.75) is 32.7 Å². The second-order valence-corrected chi connectivity index (χ2v) is 8.65. The van der Waals surface area contributed by atoms with Crippen LogP contribution in [0.3, 0.4) is 0 Å². The van der Waals surface area contributed by atoms with Crippen LogP contribution >= 0.6 is 0 Å². The maximum Gasteiger partial charge on any atom is 0.309 e. The van der Waals surface area contributed by atoms with Crippen LogP contribution in [0, 0.1) is 5.92 Å². The minimum atomic E-state index is -0.128. The lowest BCUT2D eigenvalue weighted by molar-refractivity contribution is -0.151. The number of carbonyl (C=O) groups is 2. The van der Waals surface area contributed by atoms with E-state index in [2.05, 4.69) is 17.1 Å². The highest BCUT2D eigenvalue weighted by Crippen LogP contribution is 2.24. The van der Waals surface area contributed by atoms with E-state index in [1.165, 1.54) is 5.56 Å². The molecule has 1 aliphatic rings. The number of amides is 1. The standard InChI is InChI=1S/C29H32N2O3/c1-2-34-29(33)25-17-19-30(20-18-25)31(22-24-13-7-4-8-14-24)28(32)27-16-10-9-15-26(27)21-23-11-5-3-6-12-23/h3-16,25H,2,17-22H2,1H3. The van der Waals surface area contributed by atoms with E-state index in [1.54, 1.807) is 0 Å². The molecule has 3 aromatic carbocycles. The number of hydrazine groups is 1. The van der Waals surface area contributed by atoms with Crippen LogP contribution < -0.4 is 0 Å². The summed E-state index contributed by atoms with van der Waals surface area (Å²) in [6.07, 6.45) is 2.07. The number of rotatable bonds is 8. The maximum atomic E-state index is 14.0. The number of hydrogen-bond acceptors (Lipinski definition) is 4. The highest BCUT2D eigenvalue weighted by molar-refractivity contribution is 5.95. The minimum absolute atomic E-state index is 0.00929. The Labute approximate surface area is 201 Å². The molecule has 0 atom stereocenters. The van der Waals surface area contributed by atoms with Gasteiger partial charge in [0.25, 0.3) is 5.91 Å². The van der Waals surface area contributed by atoms with Crippen molar-refractivity contribution in [3.8, 4) is 0 Å². The lowest BCUT2D eigenvalue weighted by Gasteiger charge is -2.39. The number of nitrogens with zero attached hydrogens (tertiary/aromatic N) is 2. The number of ether oxygens (including phenoxy) is 1. The molecule has 0 radical (unpaired) electrons. The summed E-state index contributed by atoms with van der Waals surface area (Å²) in [7, 11) is 0. The molecule has 0 bridgehead atoms. The molecule has 176 valence electrons.